The molecular weight excluding hydrogens is 352 g/mol. The van der Waals surface area contributed by atoms with E-state index in [2.05, 4.69) is 10.4 Å². The van der Waals surface area contributed by atoms with Gasteiger partial charge in [0, 0.05) is 11.3 Å². The molecule has 3 rings (SSSR count). The fourth-order valence-corrected chi connectivity index (χ4v) is 2.91. The lowest BCUT2D eigenvalue weighted by Crippen LogP contribution is -2.14. The van der Waals surface area contributed by atoms with Crippen molar-refractivity contribution in [2.24, 2.45) is 0 Å². The van der Waals surface area contributed by atoms with Crippen molar-refractivity contribution < 1.29 is 9.53 Å². The fourth-order valence-electron chi connectivity index (χ4n) is 2.91. The highest BCUT2D eigenvalue weighted by Gasteiger charge is 2.16. The van der Waals surface area contributed by atoms with Crippen LogP contribution < -0.4 is 10.1 Å². The number of aromatic nitrogens is 2. The number of anilines is 1. The number of amides is 1. The number of methoxy groups -OCH3 is 1. The summed E-state index contributed by atoms with van der Waals surface area (Å²) < 4.78 is 7.04. The van der Waals surface area contributed by atoms with Gasteiger partial charge in [0.15, 0.2) is 0 Å². The molecular formula is C22H20N4O2. The minimum absolute atomic E-state index is 0.00952. The predicted octanol–water partition coefficient (Wildman–Crippen LogP) is 4.04. The second kappa shape index (κ2) is 8.23. The number of benzene rings is 2. The highest BCUT2D eigenvalue weighted by molar-refractivity contribution is 6.10. The summed E-state index contributed by atoms with van der Waals surface area (Å²) in [5, 5.41) is 16.8. The minimum Gasteiger partial charge on any atom is -0.495 e. The molecule has 0 bridgehead atoms. The van der Waals surface area contributed by atoms with E-state index in [0.717, 1.165) is 22.6 Å². The largest absolute Gasteiger partial charge is 0.495 e. The van der Waals surface area contributed by atoms with E-state index >= 15 is 0 Å². The quantitative estimate of drug-likeness (QED) is 0.541. The SMILES string of the molecule is COc1ccccc1NC(=O)/C(C#N)=C\c1c(C)nn(-c2ccccc2)c1C. The molecule has 1 heterocycles. The lowest BCUT2D eigenvalue weighted by Gasteiger charge is -2.09. The van der Waals surface area contributed by atoms with Crippen molar-refractivity contribution in [2.45, 2.75) is 13.8 Å². The first-order chi connectivity index (χ1) is 13.5. The molecule has 6 nitrogen and oxygen atoms in total. The molecule has 0 radical (unpaired) electrons. The second-order valence-electron chi connectivity index (χ2n) is 6.16. The molecule has 0 aliphatic carbocycles. The fraction of sp³-hybridized carbons (Fsp3) is 0.136. The lowest BCUT2D eigenvalue weighted by molar-refractivity contribution is -0.112. The molecule has 0 aliphatic rings. The zero-order valence-corrected chi connectivity index (χ0v) is 15.9. The van der Waals surface area contributed by atoms with E-state index in [1.54, 1.807) is 35.0 Å². The number of carbonyl (C=O) groups excluding carboxylic acids is 1. The number of nitrogens with zero attached hydrogens (tertiary/aromatic N) is 3. The summed E-state index contributed by atoms with van der Waals surface area (Å²) in [6.45, 7) is 3.76. The zero-order chi connectivity index (χ0) is 20.1. The van der Waals surface area contributed by atoms with Crippen LogP contribution in [0.4, 0.5) is 5.69 Å². The first kappa shape index (κ1) is 18.9. The van der Waals surface area contributed by atoms with Gasteiger partial charge in [0.25, 0.3) is 5.91 Å². The molecule has 2 aromatic carbocycles. The molecule has 0 saturated heterocycles. The van der Waals surface area contributed by atoms with Crippen LogP contribution in [-0.4, -0.2) is 22.8 Å². The van der Waals surface area contributed by atoms with E-state index in [4.69, 9.17) is 4.74 Å². The van der Waals surface area contributed by atoms with Crippen LogP contribution in [-0.2, 0) is 4.79 Å². The van der Waals surface area contributed by atoms with E-state index in [1.807, 2.05) is 50.2 Å². The van der Waals surface area contributed by atoms with Gasteiger partial charge in [0.2, 0.25) is 0 Å². The van der Waals surface area contributed by atoms with Crippen LogP contribution in [0.1, 0.15) is 17.0 Å². The van der Waals surface area contributed by atoms with Crippen molar-refractivity contribution in [1.29, 1.82) is 5.26 Å². The highest BCUT2D eigenvalue weighted by Crippen LogP contribution is 2.25. The smallest absolute Gasteiger partial charge is 0.266 e. The molecule has 140 valence electrons. The number of nitrogens with one attached hydrogen (secondary N) is 1. The summed E-state index contributed by atoms with van der Waals surface area (Å²) in [5.74, 6) is 0.0238. The Morgan fingerprint density at radius 2 is 1.82 bits per heavy atom. The van der Waals surface area contributed by atoms with Crippen molar-refractivity contribution in [2.75, 3.05) is 12.4 Å². The number of hydrogen-bond donors (Lipinski definition) is 1. The highest BCUT2D eigenvalue weighted by atomic mass is 16.5. The normalized spacial score (nSPS) is 11.0. The van der Waals surface area contributed by atoms with Crippen LogP contribution in [0.15, 0.2) is 60.2 Å². The van der Waals surface area contributed by atoms with Gasteiger partial charge in [0.1, 0.15) is 17.4 Å². The number of rotatable bonds is 5. The molecule has 1 N–H and O–H groups in total. The molecule has 1 aromatic heterocycles. The summed E-state index contributed by atoms with van der Waals surface area (Å²) in [6.07, 6.45) is 1.57. The molecule has 0 spiro atoms. The van der Waals surface area contributed by atoms with Gasteiger partial charge in [-0.15, -0.1) is 0 Å². The Bertz CT molecular complexity index is 1080. The Hall–Kier alpha value is -3.85. The molecule has 28 heavy (non-hydrogen) atoms. The average Bonchev–Trinajstić information content (AvgIpc) is 3.00. The standard InChI is InChI=1S/C22H20N4O2/c1-15-19(16(2)26(25-15)18-9-5-4-6-10-18)13-17(14-23)22(27)24-20-11-7-8-12-21(20)28-3/h4-13H,1-3H3,(H,24,27)/b17-13-. The van der Waals surface area contributed by atoms with Gasteiger partial charge in [-0.05, 0) is 44.2 Å². The number of nitriles is 1. The zero-order valence-electron chi connectivity index (χ0n) is 15.9. The van der Waals surface area contributed by atoms with E-state index in [0.29, 0.717) is 11.4 Å². The molecule has 1 amide bonds. The van der Waals surface area contributed by atoms with Gasteiger partial charge < -0.3 is 10.1 Å². The van der Waals surface area contributed by atoms with E-state index in [-0.39, 0.29) is 5.57 Å². The first-order valence-electron chi connectivity index (χ1n) is 8.73. The maximum Gasteiger partial charge on any atom is 0.266 e. The van der Waals surface area contributed by atoms with Gasteiger partial charge in [-0.1, -0.05) is 30.3 Å². The van der Waals surface area contributed by atoms with Gasteiger partial charge >= 0.3 is 0 Å². The van der Waals surface area contributed by atoms with E-state index in [9.17, 15) is 10.1 Å². The third-order valence-electron chi connectivity index (χ3n) is 4.36. The topological polar surface area (TPSA) is 79.9 Å². The molecule has 0 atom stereocenters. The average molecular weight is 372 g/mol. The van der Waals surface area contributed by atoms with Crippen LogP contribution in [0, 0.1) is 25.2 Å². The Balaban J connectivity index is 1.94. The number of para-hydroxylation sites is 3. The Morgan fingerprint density at radius 3 is 2.50 bits per heavy atom. The summed E-state index contributed by atoms with van der Waals surface area (Å²) in [7, 11) is 1.52. The van der Waals surface area contributed by atoms with E-state index < -0.39 is 5.91 Å². The summed E-state index contributed by atoms with van der Waals surface area (Å²) in [4.78, 5) is 12.6. The van der Waals surface area contributed by atoms with Gasteiger partial charge in [-0.25, -0.2) is 4.68 Å². The minimum atomic E-state index is -0.502. The van der Waals surface area contributed by atoms with Gasteiger partial charge in [0.05, 0.1) is 24.2 Å². The van der Waals surface area contributed by atoms with Crippen molar-refractivity contribution in [3.63, 3.8) is 0 Å². The maximum absolute atomic E-state index is 12.6. The molecule has 3 aromatic rings. The molecule has 0 unspecified atom stereocenters. The number of ether oxygens (including phenoxy) is 1. The summed E-state index contributed by atoms with van der Waals surface area (Å²) in [5.41, 5.74) is 3.74. The molecule has 0 aliphatic heterocycles. The van der Waals surface area contributed by atoms with Crippen molar-refractivity contribution in [1.82, 2.24) is 9.78 Å². The second-order valence-corrected chi connectivity index (χ2v) is 6.16. The van der Waals surface area contributed by atoms with Crippen LogP contribution in [0.5, 0.6) is 5.75 Å². The number of aryl methyl sites for hydroxylation is 1. The van der Waals surface area contributed by atoms with E-state index in [1.165, 1.54) is 7.11 Å². The third-order valence-corrected chi connectivity index (χ3v) is 4.36. The number of hydrogen-bond acceptors (Lipinski definition) is 4. The number of carbonyl (C=O) groups is 1. The third kappa shape index (κ3) is 3.79. The van der Waals surface area contributed by atoms with Crippen LogP contribution >= 0.6 is 0 Å². The van der Waals surface area contributed by atoms with Crippen molar-refractivity contribution in [3.8, 4) is 17.5 Å². The lowest BCUT2D eigenvalue weighted by atomic mass is 10.1. The maximum atomic E-state index is 12.6. The molecule has 0 saturated carbocycles. The Morgan fingerprint density at radius 1 is 1.14 bits per heavy atom. The predicted molar refractivity (Wildman–Crippen MR) is 108 cm³/mol. The van der Waals surface area contributed by atoms with Gasteiger partial charge in [-0.3, -0.25) is 4.79 Å². The van der Waals surface area contributed by atoms with Gasteiger partial charge in [-0.2, -0.15) is 10.4 Å². The van der Waals surface area contributed by atoms with Crippen LogP contribution in [0.3, 0.4) is 0 Å². The molecule has 6 heteroatoms. The Kier molecular flexibility index (Phi) is 5.56. The van der Waals surface area contributed by atoms with Crippen LogP contribution in [0.25, 0.3) is 11.8 Å². The monoisotopic (exact) mass is 372 g/mol. The van der Waals surface area contributed by atoms with Crippen molar-refractivity contribution in [3.05, 3.63) is 77.1 Å². The summed E-state index contributed by atoms with van der Waals surface area (Å²) in [6, 6.07) is 18.7. The first-order valence-corrected chi connectivity index (χ1v) is 8.73. The van der Waals surface area contributed by atoms with Crippen molar-refractivity contribution >= 4 is 17.7 Å². The molecule has 0 fully saturated rings. The summed E-state index contributed by atoms with van der Waals surface area (Å²) >= 11 is 0. The Labute approximate surface area is 163 Å². The van der Waals surface area contributed by atoms with Crippen LogP contribution in [0.2, 0.25) is 0 Å².